The fourth-order valence-corrected chi connectivity index (χ4v) is 3.87. The van der Waals surface area contributed by atoms with Gasteiger partial charge in [0.2, 0.25) is 5.91 Å². The Morgan fingerprint density at radius 3 is 2.50 bits per heavy atom. The van der Waals surface area contributed by atoms with E-state index in [9.17, 15) is 9.59 Å². The van der Waals surface area contributed by atoms with Crippen LogP contribution in [0.3, 0.4) is 0 Å². The van der Waals surface area contributed by atoms with Gasteiger partial charge in [0.1, 0.15) is 5.25 Å². The Hall–Kier alpha value is -2.80. The lowest BCUT2D eigenvalue weighted by Gasteiger charge is -2.16. The fourth-order valence-electron chi connectivity index (χ4n) is 2.70. The van der Waals surface area contributed by atoms with Crippen LogP contribution in [-0.4, -0.2) is 28.5 Å². The van der Waals surface area contributed by atoms with Crippen LogP contribution in [0.2, 0.25) is 0 Å². The predicted molar refractivity (Wildman–Crippen MR) is 103 cm³/mol. The molecule has 2 aromatic carbocycles. The molecular weight excluding hydrogens is 348 g/mol. The number of aryl methyl sites for hydroxylation is 1. The topological polar surface area (TPSA) is 76.0 Å². The molecule has 0 unspecified atom stereocenters. The molecule has 1 heterocycles. The highest BCUT2D eigenvalue weighted by atomic mass is 32.2. The number of fused-ring (bicyclic) bond motifs is 1. The van der Waals surface area contributed by atoms with Gasteiger partial charge in [0.15, 0.2) is 5.16 Å². The number of hydrogen-bond donors (Lipinski definition) is 2. The highest BCUT2D eigenvalue weighted by molar-refractivity contribution is 8.00. The number of amides is 3. The standard InChI is InChI=1S/C19H20N4O2S/c1-3-23-15-12-8-7-11-14(15)21-19(23)26-16(13-9-5-4-6-10-13)17(24)22-18(25)20-2/h4-12,16H,3H2,1-2H3,(H2,20,22,24,25)/t16-/m1/s1. The number of para-hydroxylation sites is 2. The molecule has 0 radical (unpaired) electrons. The summed E-state index contributed by atoms with van der Waals surface area (Å²) in [5, 5.41) is 4.94. The molecule has 0 aliphatic carbocycles. The molecule has 0 fully saturated rings. The number of nitrogens with one attached hydrogen (secondary N) is 2. The van der Waals surface area contributed by atoms with Gasteiger partial charge >= 0.3 is 6.03 Å². The second-order valence-electron chi connectivity index (χ2n) is 5.60. The normalized spacial score (nSPS) is 11.9. The van der Waals surface area contributed by atoms with Crippen molar-refractivity contribution >= 4 is 34.7 Å². The number of hydrogen-bond acceptors (Lipinski definition) is 4. The van der Waals surface area contributed by atoms with Gasteiger partial charge in [0, 0.05) is 13.6 Å². The van der Waals surface area contributed by atoms with Crippen molar-refractivity contribution in [1.29, 1.82) is 0 Å². The van der Waals surface area contributed by atoms with Crippen molar-refractivity contribution in [3.63, 3.8) is 0 Å². The van der Waals surface area contributed by atoms with E-state index < -0.39 is 11.3 Å². The second-order valence-corrected chi connectivity index (χ2v) is 6.68. The van der Waals surface area contributed by atoms with Crippen LogP contribution in [0.25, 0.3) is 11.0 Å². The van der Waals surface area contributed by atoms with E-state index in [0.29, 0.717) is 0 Å². The summed E-state index contributed by atoms with van der Waals surface area (Å²) >= 11 is 1.34. The van der Waals surface area contributed by atoms with E-state index in [1.165, 1.54) is 18.8 Å². The molecule has 3 amide bonds. The second kappa shape index (κ2) is 8.05. The molecule has 0 bridgehead atoms. The number of imidazole rings is 1. The van der Waals surface area contributed by atoms with Crippen LogP contribution in [0.5, 0.6) is 0 Å². The molecule has 0 saturated heterocycles. The van der Waals surface area contributed by atoms with Gasteiger partial charge in [0.05, 0.1) is 11.0 Å². The van der Waals surface area contributed by atoms with E-state index in [1.807, 2.05) is 61.5 Å². The number of aromatic nitrogens is 2. The lowest BCUT2D eigenvalue weighted by molar-refractivity contribution is -0.119. The molecule has 7 heteroatoms. The maximum absolute atomic E-state index is 12.7. The highest BCUT2D eigenvalue weighted by Gasteiger charge is 2.26. The molecule has 0 saturated carbocycles. The van der Waals surface area contributed by atoms with Gasteiger partial charge in [-0.3, -0.25) is 10.1 Å². The molecule has 3 aromatic rings. The zero-order valence-corrected chi connectivity index (χ0v) is 15.4. The molecule has 0 aliphatic heterocycles. The number of rotatable bonds is 5. The quantitative estimate of drug-likeness (QED) is 0.677. The molecule has 3 rings (SSSR count). The Morgan fingerprint density at radius 2 is 1.81 bits per heavy atom. The first kappa shape index (κ1) is 18.0. The number of benzene rings is 2. The van der Waals surface area contributed by atoms with Crippen LogP contribution in [0, 0.1) is 0 Å². The first-order valence-corrected chi connectivity index (χ1v) is 9.21. The molecule has 134 valence electrons. The van der Waals surface area contributed by atoms with Crippen LogP contribution < -0.4 is 10.6 Å². The summed E-state index contributed by atoms with van der Waals surface area (Å²) in [6, 6.07) is 16.7. The summed E-state index contributed by atoms with van der Waals surface area (Å²) < 4.78 is 2.07. The number of imide groups is 1. The first-order valence-electron chi connectivity index (χ1n) is 8.33. The van der Waals surface area contributed by atoms with Crippen molar-refractivity contribution < 1.29 is 9.59 Å². The molecule has 0 aliphatic rings. The van der Waals surface area contributed by atoms with E-state index in [0.717, 1.165) is 28.3 Å². The number of carbonyl (C=O) groups excluding carboxylic acids is 2. The van der Waals surface area contributed by atoms with Crippen molar-refractivity contribution in [3.8, 4) is 0 Å². The Labute approximate surface area is 156 Å². The molecule has 1 aromatic heterocycles. The van der Waals surface area contributed by atoms with Crippen molar-refractivity contribution in [1.82, 2.24) is 20.2 Å². The van der Waals surface area contributed by atoms with Gasteiger partial charge in [-0.15, -0.1) is 0 Å². The van der Waals surface area contributed by atoms with Crippen LogP contribution in [0.1, 0.15) is 17.7 Å². The zero-order chi connectivity index (χ0) is 18.5. The maximum Gasteiger partial charge on any atom is 0.321 e. The molecule has 6 nitrogen and oxygen atoms in total. The van der Waals surface area contributed by atoms with E-state index in [-0.39, 0.29) is 5.91 Å². The van der Waals surface area contributed by atoms with Crippen molar-refractivity contribution in [3.05, 3.63) is 60.2 Å². The molecule has 0 spiro atoms. The third kappa shape index (κ3) is 3.72. The Morgan fingerprint density at radius 1 is 1.12 bits per heavy atom. The number of nitrogens with zero attached hydrogens (tertiary/aromatic N) is 2. The van der Waals surface area contributed by atoms with Gasteiger partial charge < -0.3 is 9.88 Å². The van der Waals surface area contributed by atoms with Crippen molar-refractivity contribution in [2.45, 2.75) is 23.9 Å². The largest absolute Gasteiger partial charge is 0.341 e. The number of carbonyl (C=O) groups is 2. The summed E-state index contributed by atoms with van der Waals surface area (Å²) in [6.07, 6.45) is 0. The minimum Gasteiger partial charge on any atom is -0.341 e. The lowest BCUT2D eigenvalue weighted by atomic mass is 10.1. The summed E-state index contributed by atoms with van der Waals surface area (Å²) in [5.74, 6) is -0.379. The summed E-state index contributed by atoms with van der Waals surface area (Å²) in [5.41, 5.74) is 2.72. The summed E-state index contributed by atoms with van der Waals surface area (Å²) in [7, 11) is 1.48. The Balaban J connectivity index is 1.98. The SMILES string of the molecule is CCn1c(S[C@@H](C(=O)NC(=O)NC)c2ccccc2)nc2ccccc21. The summed E-state index contributed by atoms with van der Waals surface area (Å²) in [6.45, 7) is 2.78. The smallest absolute Gasteiger partial charge is 0.321 e. The molecular formula is C19H20N4O2S. The van der Waals surface area contributed by atoms with E-state index in [1.54, 1.807) is 0 Å². The highest BCUT2D eigenvalue weighted by Crippen LogP contribution is 2.36. The Kier molecular flexibility index (Phi) is 5.58. The van der Waals surface area contributed by atoms with Crippen molar-refractivity contribution in [2.24, 2.45) is 0 Å². The van der Waals surface area contributed by atoms with E-state index in [2.05, 4.69) is 20.2 Å². The number of thioether (sulfide) groups is 1. The van der Waals surface area contributed by atoms with Crippen LogP contribution in [-0.2, 0) is 11.3 Å². The molecule has 26 heavy (non-hydrogen) atoms. The molecule has 2 N–H and O–H groups in total. The average molecular weight is 368 g/mol. The Bertz CT molecular complexity index is 924. The van der Waals surface area contributed by atoms with Gasteiger partial charge in [-0.25, -0.2) is 9.78 Å². The monoisotopic (exact) mass is 368 g/mol. The minimum atomic E-state index is -0.587. The van der Waals surface area contributed by atoms with Crippen LogP contribution in [0.15, 0.2) is 59.8 Å². The number of urea groups is 1. The van der Waals surface area contributed by atoms with Gasteiger partial charge in [-0.2, -0.15) is 0 Å². The van der Waals surface area contributed by atoms with E-state index >= 15 is 0 Å². The lowest BCUT2D eigenvalue weighted by Crippen LogP contribution is -2.39. The van der Waals surface area contributed by atoms with Gasteiger partial charge in [-0.05, 0) is 24.6 Å². The van der Waals surface area contributed by atoms with Gasteiger partial charge in [-0.1, -0.05) is 54.2 Å². The van der Waals surface area contributed by atoms with Gasteiger partial charge in [0.25, 0.3) is 0 Å². The van der Waals surface area contributed by atoms with E-state index in [4.69, 9.17) is 0 Å². The van der Waals surface area contributed by atoms with Crippen LogP contribution in [0.4, 0.5) is 4.79 Å². The zero-order valence-electron chi connectivity index (χ0n) is 14.6. The third-order valence-electron chi connectivity index (χ3n) is 3.96. The van der Waals surface area contributed by atoms with Crippen LogP contribution >= 0.6 is 11.8 Å². The molecule has 1 atom stereocenters. The predicted octanol–water partition coefficient (Wildman–Crippen LogP) is 3.35. The minimum absolute atomic E-state index is 0.379. The maximum atomic E-state index is 12.7. The first-order chi connectivity index (χ1) is 12.6. The summed E-state index contributed by atoms with van der Waals surface area (Å²) in [4.78, 5) is 29.0. The average Bonchev–Trinajstić information content (AvgIpc) is 3.03. The van der Waals surface area contributed by atoms with Crippen molar-refractivity contribution in [2.75, 3.05) is 7.05 Å². The third-order valence-corrected chi connectivity index (χ3v) is 5.21. The fraction of sp³-hybridized carbons (Fsp3) is 0.211.